The van der Waals surface area contributed by atoms with Crippen molar-refractivity contribution in [2.24, 2.45) is 5.73 Å². The standard InChI is InChI=1S/C16H26N4O2S.2ClH/c17-10-14-19-13(11-23-14)15(21)18-12-16(4-8-22-9-5-16)20-6-2-1-3-7-20;;/h11H,1-10,12,17H2,(H,18,21);2*1H. The summed E-state index contributed by atoms with van der Waals surface area (Å²) in [7, 11) is 0. The maximum absolute atomic E-state index is 12.4. The molecule has 1 aromatic heterocycles. The predicted octanol–water partition coefficient (Wildman–Crippen LogP) is 2.21. The summed E-state index contributed by atoms with van der Waals surface area (Å²) in [4.78, 5) is 19.2. The highest BCUT2D eigenvalue weighted by Gasteiger charge is 2.39. The van der Waals surface area contributed by atoms with Gasteiger partial charge in [0.1, 0.15) is 10.7 Å². The van der Waals surface area contributed by atoms with Crippen molar-refractivity contribution in [3.63, 3.8) is 0 Å². The molecule has 0 spiro atoms. The minimum absolute atomic E-state index is 0. The van der Waals surface area contributed by atoms with Gasteiger partial charge in [-0.1, -0.05) is 6.42 Å². The summed E-state index contributed by atoms with van der Waals surface area (Å²) in [5.74, 6) is -0.0937. The number of ether oxygens (including phenoxy) is 1. The van der Waals surface area contributed by atoms with Gasteiger partial charge in [0.25, 0.3) is 5.91 Å². The van der Waals surface area contributed by atoms with Crippen LogP contribution in [0.4, 0.5) is 0 Å². The van der Waals surface area contributed by atoms with E-state index >= 15 is 0 Å². The molecule has 0 aliphatic carbocycles. The van der Waals surface area contributed by atoms with Crippen LogP contribution in [0.1, 0.15) is 47.6 Å². The average molecular weight is 411 g/mol. The molecule has 1 amide bonds. The fourth-order valence-electron chi connectivity index (χ4n) is 3.57. The molecule has 2 saturated heterocycles. The number of hydrogen-bond acceptors (Lipinski definition) is 6. The Morgan fingerprint density at radius 2 is 1.96 bits per heavy atom. The fraction of sp³-hybridized carbons (Fsp3) is 0.750. The van der Waals surface area contributed by atoms with E-state index in [9.17, 15) is 4.79 Å². The van der Waals surface area contributed by atoms with E-state index in [2.05, 4.69) is 15.2 Å². The van der Waals surface area contributed by atoms with Crippen LogP contribution in [0.3, 0.4) is 0 Å². The van der Waals surface area contributed by atoms with Crippen LogP contribution in [0.2, 0.25) is 0 Å². The monoisotopic (exact) mass is 410 g/mol. The molecule has 0 bridgehead atoms. The third-order valence-corrected chi connectivity index (χ3v) is 5.86. The Bertz CT molecular complexity index is 532. The Labute approximate surface area is 165 Å². The fourth-order valence-corrected chi connectivity index (χ4v) is 4.22. The number of likely N-dealkylation sites (tertiary alicyclic amines) is 1. The lowest BCUT2D eigenvalue weighted by Crippen LogP contribution is -2.59. The van der Waals surface area contributed by atoms with Gasteiger partial charge in [-0.05, 0) is 38.8 Å². The molecular formula is C16H28Cl2N4O2S. The quantitative estimate of drug-likeness (QED) is 0.777. The molecule has 25 heavy (non-hydrogen) atoms. The minimum Gasteiger partial charge on any atom is -0.381 e. The summed E-state index contributed by atoms with van der Waals surface area (Å²) in [5.41, 5.74) is 6.09. The predicted molar refractivity (Wildman–Crippen MR) is 105 cm³/mol. The van der Waals surface area contributed by atoms with Crippen molar-refractivity contribution in [3.8, 4) is 0 Å². The number of nitrogens with two attached hydrogens (primary N) is 1. The lowest BCUT2D eigenvalue weighted by molar-refractivity contribution is -0.0349. The van der Waals surface area contributed by atoms with E-state index in [-0.39, 0.29) is 36.3 Å². The Balaban J connectivity index is 0.00000156. The summed E-state index contributed by atoms with van der Waals surface area (Å²) in [5, 5.41) is 5.70. The van der Waals surface area contributed by atoms with Crippen LogP contribution in [-0.2, 0) is 11.3 Å². The Hall–Kier alpha value is -0.440. The number of thiazole rings is 1. The second-order valence-electron chi connectivity index (χ2n) is 6.40. The summed E-state index contributed by atoms with van der Waals surface area (Å²) in [6.45, 7) is 4.87. The van der Waals surface area contributed by atoms with E-state index in [0.29, 0.717) is 18.8 Å². The molecule has 3 heterocycles. The van der Waals surface area contributed by atoms with Gasteiger partial charge in [-0.2, -0.15) is 0 Å². The van der Waals surface area contributed by atoms with Crippen molar-refractivity contribution in [3.05, 3.63) is 16.1 Å². The van der Waals surface area contributed by atoms with E-state index in [1.165, 1.54) is 30.6 Å². The highest BCUT2D eigenvalue weighted by atomic mass is 35.5. The van der Waals surface area contributed by atoms with E-state index < -0.39 is 0 Å². The smallest absolute Gasteiger partial charge is 0.270 e. The first kappa shape index (κ1) is 22.6. The van der Waals surface area contributed by atoms with Gasteiger partial charge in [-0.3, -0.25) is 9.69 Å². The molecule has 0 saturated carbocycles. The maximum Gasteiger partial charge on any atom is 0.270 e. The number of hydrogen-bond donors (Lipinski definition) is 2. The second-order valence-corrected chi connectivity index (χ2v) is 7.34. The molecule has 9 heteroatoms. The molecular weight excluding hydrogens is 383 g/mol. The highest BCUT2D eigenvalue weighted by molar-refractivity contribution is 7.09. The van der Waals surface area contributed by atoms with Gasteiger partial charge in [-0.15, -0.1) is 36.2 Å². The van der Waals surface area contributed by atoms with Gasteiger partial charge in [-0.25, -0.2) is 4.98 Å². The normalized spacial score (nSPS) is 20.2. The number of halogens is 2. The number of carbonyl (C=O) groups is 1. The zero-order valence-electron chi connectivity index (χ0n) is 14.4. The van der Waals surface area contributed by atoms with Crippen LogP contribution in [0, 0.1) is 0 Å². The molecule has 0 atom stereocenters. The number of amides is 1. The van der Waals surface area contributed by atoms with E-state index in [1.807, 2.05) is 0 Å². The molecule has 0 radical (unpaired) electrons. The van der Waals surface area contributed by atoms with Crippen molar-refractivity contribution in [1.82, 2.24) is 15.2 Å². The number of nitrogens with one attached hydrogen (secondary N) is 1. The average Bonchev–Trinajstić information content (AvgIpc) is 3.10. The lowest BCUT2D eigenvalue weighted by Gasteiger charge is -2.48. The van der Waals surface area contributed by atoms with Gasteiger partial charge >= 0.3 is 0 Å². The van der Waals surface area contributed by atoms with Crippen molar-refractivity contribution in [2.45, 2.75) is 44.2 Å². The third-order valence-electron chi connectivity index (χ3n) is 4.99. The first-order valence-corrected chi connectivity index (χ1v) is 9.37. The van der Waals surface area contributed by atoms with Gasteiger partial charge in [0.15, 0.2) is 0 Å². The second kappa shape index (κ2) is 10.6. The van der Waals surface area contributed by atoms with Crippen LogP contribution in [0.25, 0.3) is 0 Å². The molecule has 3 N–H and O–H groups in total. The van der Waals surface area contributed by atoms with E-state index in [4.69, 9.17) is 10.5 Å². The zero-order chi connectivity index (χ0) is 16.1. The minimum atomic E-state index is -0.0937. The van der Waals surface area contributed by atoms with Crippen LogP contribution in [-0.4, -0.2) is 54.2 Å². The van der Waals surface area contributed by atoms with Crippen LogP contribution < -0.4 is 11.1 Å². The van der Waals surface area contributed by atoms with Crippen LogP contribution in [0.5, 0.6) is 0 Å². The topological polar surface area (TPSA) is 80.5 Å². The highest BCUT2D eigenvalue weighted by Crippen LogP contribution is 2.30. The number of nitrogens with zero attached hydrogens (tertiary/aromatic N) is 2. The van der Waals surface area contributed by atoms with Gasteiger partial charge < -0.3 is 15.8 Å². The number of carbonyl (C=O) groups excluding carboxylic acids is 1. The lowest BCUT2D eigenvalue weighted by atomic mass is 9.86. The molecule has 6 nitrogen and oxygen atoms in total. The number of aromatic nitrogens is 1. The van der Waals surface area contributed by atoms with Gasteiger partial charge in [0.05, 0.1) is 0 Å². The van der Waals surface area contributed by atoms with Crippen molar-refractivity contribution in [2.75, 3.05) is 32.8 Å². The molecule has 0 unspecified atom stereocenters. The van der Waals surface area contributed by atoms with Crippen molar-refractivity contribution in [1.29, 1.82) is 0 Å². The molecule has 2 fully saturated rings. The van der Waals surface area contributed by atoms with Crippen molar-refractivity contribution >= 4 is 42.1 Å². The Kier molecular flexibility index (Phi) is 9.62. The SMILES string of the molecule is Cl.Cl.NCc1nc(C(=O)NCC2(N3CCCCC3)CCOCC2)cs1. The molecule has 3 rings (SSSR count). The first-order chi connectivity index (χ1) is 11.2. The number of rotatable bonds is 5. The Morgan fingerprint density at radius 3 is 2.56 bits per heavy atom. The van der Waals surface area contributed by atoms with E-state index in [0.717, 1.165) is 44.2 Å². The summed E-state index contributed by atoms with van der Waals surface area (Å²) in [6.07, 6.45) is 5.79. The molecule has 1 aromatic rings. The molecule has 2 aliphatic rings. The van der Waals surface area contributed by atoms with Crippen LogP contribution >= 0.6 is 36.2 Å². The molecule has 2 aliphatic heterocycles. The molecule has 0 aromatic carbocycles. The van der Waals surface area contributed by atoms with E-state index in [1.54, 1.807) is 5.38 Å². The summed E-state index contributed by atoms with van der Waals surface area (Å²) in [6, 6.07) is 0. The van der Waals surface area contributed by atoms with Crippen LogP contribution in [0.15, 0.2) is 5.38 Å². The molecule has 144 valence electrons. The number of piperidine rings is 1. The largest absolute Gasteiger partial charge is 0.381 e. The Morgan fingerprint density at radius 1 is 1.28 bits per heavy atom. The summed E-state index contributed by atoms with van der Waals surface area (Å²) < 4.78 is 5.56. The maximum atomic E-state index is 12.4. The third kappa shape index (κ3) is 5.52. The zero-order valence-corrected chi connectivity index (χ0v) is 16.8. The van der Waals surface area contributed by atoms with Gasteiger partial charge in [0.2, 0.25) is 0 Å². The first-order valence-electron chi connectivity index (χ1n) is 8.49. The summed E-state index contributed by atoms with van der Waals surface area (Å²) >= 11 is 1.44. The van der Waals surface area contributed by atoms with Crippen molar-refractivity contribution < 1.29 is 9.53 Å². The van der Waals surface area contributed by atoms with Gasteiger partial charge in [0, 0.05) is 37.2 Å².